The predicted molar refractivity (Wildman–Crippen MR) is 337 cm³/mol. The molecule has 12 rings (SSSR count). The quantitative estimate of drug-likeness (QED) is 0.0971. The number of hydrogen-bond acceptors (Lipinski definition) is 16. The third kappa shape index (κ3) is 11.1. The van der Waals surface area contributed by atoms with Gasteiger partial charge in [-0.05, 0) is 149 Å². The lowest BCUT2D eigenvalue weighted by Gasteiger charge is -2.59. The minimum Gasteiger partial charge on any atom is -0.475 e. The molecule has 16 atom stereocenters. The number of rotatable bonds is 8. The summed E-state index contributed by atoms with van der Waals surface area (Å²) in [6.45, 7) is 18.9. The number of nitrogens with two attached hydrogens (primary N) is 1. The molecule has 2 aliphatic heterocycles. The van der Waals surface area contributed by atoms with E-state index in [2.05, 4.69) is 65.0 Å². The highest BCUT2D eigenvalue weighted by molar-refractivity contribution is 6.07. The van der Waals surface area contributed by atoms with Gasteiger partial charge >= 0.3 is 11.9 Å². The zero-order valence-electron chi connectivity index (χ0n) is 49.9. The number of ether oxygens (including phenoxy) is 4. The molecule has 6 fully saturated rings. The van der Waals surface area contributed by atoms with Gasteiger partial charge in [0, 0.05) is 81.0 Å². The summed E-state index contributed by atoms with van der Waals surface area (Å²) in [5.41, 5.74) is 10.1. The number of carbonyl (C=O) groups is 4. The number of carbonyl (C=O) groups excluding carboxylic acids is 4. The van der Waals surface area contributed by atoms with Crippen molar-refractivity contribution in [1.29, 1.82) is 0 Å². The smallest absolute Gasteiger partial charge is 0.303 e. The van der Waals surface area contributed by atoms with Gasteiger partial charge in [0.05, 0.1) is 23.6 Å². The van der Waals surface area contributed by atoms with Gasteiger partial charge in [0.25, 0.3) is 0 Å². The topological polar surface area (TPSA) is 224 Å². The molecule has 4 N–H and O–H groups in total. The summed E-state index contributed by atoms with van der Waals surface area (Å²) < 4.78 is 23.1. The Morgan fingerprint density at radius 3 is 1.72 bits per heavy atom. The van der Waals surface area contributed by atoms with E-state index in [9.17, 15) is 29.4 Å². The highest BCUT2D eigenvalue weighted by Gasteiger charge is 2.76. The largest absolute Gasteiger partial charge is 0.475 e. The first-order valence-electron chi connectivity index (χ1n) is 29.4. The molecular weight excluding hydrogens is 1070 g/mol. The molecule has 462 valence electrons. The van der Waals surface area contributed by atoms with Crippen molar-refractivity contribution < 1.29 is 48.3 Å². The van der Waals surface area contributed by atoms with Crippen molar-refractivity contribution >= 4 is 58.1 Å². The Hall–Kier alpha value is -6.52. The van der Waals surface area contributed by atoms with Crippen molar-refractivity contribution in [3.8, 4) is 0 Å². The van der Waals surface area contributed by atoms with Gasteiger partial charge in [-0.1, -0.05) is 97.5 Å². The number of fused-ring (bicyclic) bond motifs is 14. The van der Waals surface area contributed by atoms with Crippen molar-refractivity contribution in [2.45, 2.75) is 178 Å². The highest BCUT2D eigenvalue weighted by atomic mass is 16.5. The zero-order valence-corrected chi connectivity index (χ0v) is 49.9. The Balaban J connectivity index is 0.000000209. The fourth-order valence-corrected chi connectivity index (χ4v) is 17.9. The molecule has 0 aromatic heterocycles. The number of Topliss-reactive ketones (excluding diaryl/α,β-unsaturated/α-hetero) is 1. The normalized spacial score (nSPS) is 37.7. The molecule has 0 spiro atoms. The number of nitrogen functional groups attached to an aromatic ring is 1. The number of nitrogens with zero attached hydrogens (tertiary/aromatic N) is 5. The number of ketones is 2. The molecule has 16 heteroatoms. The first-order chi connectivity index (χ1) is 38.7. The number of aliphatic imine (C=N–C) groups is 3. The van der Waals surface area contributed by atoms with Crippen molar-refractivity contribution in [2.75, 3.05) is 33.0 Å². The third-order valence-electron chi connectivity index (χ3n) is 21.0. The lowest BCUT2D eigenvalue weighted by molar-refractivity contribution is -0.154. The number of benzene rings is 2. The third-order valence-corrected chi connectivity index (χ3v) is 21.0. The van der Waals surface area contributed by atoms with E-state index in [1.807, 2.05) is 70.4 Å². The van der Waals surface area contributed by atoms with Gasteiger partial charge in [-0.2, -0.15) is 5.10 Å². The van der Waals surface area contributed by atoms with E-state index >= 15 is 0 Å². The number of hydrogen-bond donors (Lipinski definition) is 3. The van der Waals surface area contributed by atoms with E-state index in [1.54, 1.807) is 24.1 Å². The average Bonchev–Trinajstić information content (AvgIpc) is 1.58. The first kappa shape index (κ1) is 66.0. The molecule has 2 heterocycles. The maximum Gasteiger partial charge on any atom is 0.303 e. The van der Waals surface area contributed by atoms with Gasteiger partial charge in [0.2, 0.25) is 5.78 Å². The van der Waals surface area contributed by atoms with E-state index in [-0.39, 0.29) is 105 Å². The van der Waals surface area contributed by atoms with E-state index in [4.69, 9.17) is 44.8 Å². The molecule has 0 unspecified atom stereocenters. The van der Waals surface area contributed by atoms with Crippen LogP contribution in [-0.2, 0) is 38.1 Å². The van der Waals surface area contributed by atoms with E-state index < -0.39 is 46.2 Å². The Kier molecular flexibility index (Phi) is 18.9. The molecule has 8 aliphatic carbocycles. The molecule has 2 aromatic carbocycles. The second-order valence-electron chi connectivity index (χ2n) is 26.2. The summed E-state index contributed by atoms with van der Waals surface area (Å²) in [6.07, 6.45) is 16.3. The van der Waals surface area contributed by atoms with Crippen LogP contribution < -0.4 is 5.73 Å². The fourth-order valence-electron chi connectivity index (χ4n) is 17.9. The molecular formula is C69H96N6O10. The van der Waals surface area contributed by atoms with Gasteiger partial charge < -0.3 is 39.9 Å². The number of aliphatic hydroxyl groups is 2. The molecule has 10 aliphatic rings. The van der Waals surface area contributed by atoms with Gasteiger partial charge in [0.15, 0.2) is 29.7 Å². The van der Waals surface area contributed by atoms with Crippen LogP contribution in [0.3, 0.4) is 0 Å². The Bertz CT molecular complexity index is 3180. The lowest BCUT2D eigenvalue weighted by atomic mass is 9.46. The highest BCUT2D eigenvalue weighted by Crippen LogP contribution is 2.71. The van der Waals surface area contributed by atoms with Crippen LogP contribution >= 0.6 is 0 Å². The SMILES string of the molecule is C.C.C.CC(=O)OC/C(=N/N(C)C)[C@@]12N=C(C)O[C@@H]1C[C@H]1[C@@H]3CCC4=CC(=O)C=C[C@]4(C)[C@H]3[C@@H](O)C[C@@]12C.CC(=O)OCC(=O)[C@@]12N=C(C)O[C@@H]1C[C@H]1[C@@H]3CCC4=CC(=Nc5cccc(C)c5)C=C[C@]4(C)[C@H]3[C@@H](O)C[C@@]12C.Cc1cccc(N)c1. The fraction of sp³-hybridized carbons (Fsp3) is 0.594. The Labute approximate surface area is 505 Å². The van der Waals surface area contributed by atoms with Gasteiger partial charge in [-0.25, -0.2) is 15.0 Å². The monoisotopic (exact) mass is 1170 g/mol. The van der Waals surface area contributed by atoms with Gasteiger partial charge in [0.1, 0.15) is 30.1 Å². The van der Waals surface area contributed by atoms with Crippen LogP contribution in [0.2, 0.25) is 0 Å². The number of aliphatic hydroxyl groups excluding tert-OH is 2. The van der Waals surface area contributed by atoms with Gasteiger partial charge in [-0.3, -0.25) is 19.2 Å². The number of aryl methyl sites for hydroxylation is 2. The molecule has 2 aromatic rings. The maximum atomic E-state index is 13.7. The Morgan fingerprint density at radius 2 is 1.20 bits per heavy atom. The van der Waals surface area contributed by atoms with E-state index in [0.29, 0.717) is 36.8 Å². The number of hydrazone groups is 1. The van der Waals surface area contributed by atoms with E-state index in [1.165, 1.54) is 30.5 Å². The van der Waals surface area contributed by atoms with Gasteiger partial charge in [-0.15, -0.1) is 0 Å². The van der Waals surface area contributed by atoms with Crippen molar-refractivity contribution in [3.63, 3.8) is 0 Å². The molecule has 0 bridgehead atoms. The number of anilines is 1. The van der Waals surface area contributed by atoms with Crippen molar-refractivity contribution in [2.24, 2.45) is 77.2 Å². The molecule has 85 heavy (non-hydrogen) atoms. The summed E-state index contributed by atoms with van der Waals surface area (Å²) >= 11 is 0. The zero-order chi connectivity index (χ0) is 59.1. The number of esters is 2. The lowest BCUT2D eigenvalue weighted by Crippen LogP contribution is -2.62. The summed E-state index contributed by atoms with van der Waals surface area (Å²) in [6, 6.07) is 16.0. The summed E-state index contributed by atoms with van der Waals surface area (Å²) in [4.78, 5) is 64.0. The summed E-state index contributed by atoms with van der Waals surface area (Å²) in [5, 5.41) is 30.2. The molecule has 0 amide bonds. The van der Waals surface area contributed by atoms with E-state index in [0.717, 1.165) is 54.8 Å². The predicted octanol–water partition coefficient (Wildman–Crippen LogP) is 11.5. The standard InChI is InChI=1S/C32H38N2O5.C27H37N3O5.C7H9N.3CH4/c1-18-7-6-8-22(13-18)33-23-11-12-30(4)21(14-23)9-10-24-25-15-28-32(34-19(2)39-28,27(37)17-38-20(3)35)31(25,5)16-26(36)29(24)30;1-15-28-27(22(29-30(5)6)14-34-16(2)31)23(35-15)12-20-19-8-7-17-11-18(32)9-10-25(17,3)24(19)21(33)13-26(20,27)4;1-6-3-2-4-7(8)5-6;;;/h6-8,11-14,24-26,28-29,36H,9-10,15-17H2,1-5H3;9-11,19-21,23-24,33H,7-8,12-14H2,1-6H3;2-5H,8H2,1H3;3*1H4/b;29-22-;;;;/t24-,25-,26-,28+,29+,30-,31-,32+;19-,20-,21-,23+,24+,25-,26-,27+;;;;/m00..../s1. The van der Waals surface area contributed by atoms with Crippen LogP contribution in [0.4, 0.5) is 11.4 Å². The van der Waals surface area contributed by atoms with Crippen LogP contribution in [-0.4, -0.2) is 125 Å². The number of allylic oxidation sites excluding steroid dienone is 8. The minimum atomic E-state index is -1.14. The first-order valence-corrected chi connectivity index (χ1v) is 29.4. The van der Waals surface area contributed by atoms with Crippen molar-refractivity contribution in [3.05, 3.63) is 107 Å². The van der Waals surface area contributed by atoms with Crippen LogP contribution in [0, 0.1) is 71.0 Å². The van der Waals surface area contributed by atoms with Crippen molar-refractivity contribution in [1.82, 2.24) is 5.01 Å². The molecule has 0 saturated heterocycles. The molecule has 16 nitrogen and oxygen atoms in total. The summed E-state index contributed by atoms with van der Waals surface area (Å²) in [5.74, 6) is 0.947. The Morgan fingerprint density at radius 1 is 0.706 bits per heavy atom. The minimum absolute atomic E-state index is 0. The second kappa shape index (κ2) is 24.3. The summed E-state index contributed by atoms with van der Waals surface area (Å²) in [7, 11) is 3.69. The molecule has 0 radical (unpaired) electrons. The van der Waals surface area contributed by atoms with Crippen LogP contribution in [0.1, 0.15) is 140 Å². The second-order valence-corrected chi connectivity index (χ2v) is 26.2. The van der Waals surface area contributed by atoms with Crippen LogP contribution in [0.5, 0.6) is 0 Å². The van der Waals surface area contributed by atoms with Crippen LogP contribution in [0.25, 0.3) is 0 Å². The average molecular weight is 1170 g/mol. The van der Waals surface area contributed by atoms with Crippen LogP contribution in [0.15, 0.2) is 116 Å². The molecule has 6 saturated carbocycles. The maximum absolute atomic E-state index is 13.7.